The molecule has 0 unspecified atom stereocenters. The Balaban J connectivity index is 1.86. The summed E-state index contributed by atoms with van der Waals surface area (Å²) in [7, 11) is 1.29. The van der Waals surface area contributed by atoms with E-state index in [1.165, 1.54) is 12.7 Å². The van der Waals surface area contributed by atoms with E-state index in [0.29, 0.717) is 11.4 Å². The normalized spacial score (nSPS) is 15.0. The van der Waals surface area contributed by atoms with Crippen LogP contribution in [-0.4, -0.2) is 23.4 Å². The van der Waals surface area contributed by atoms with Crippen LogP contribution in [0.4, 0.5) is 5.69 Å². The van der Waals surface area contributed by atoms with Gasteiger partial charge < -0.3 is 14.2 Å². The standard InChI is InChI=1S/C28H28N2O3/c1-17-7-11-23(12-8-17)29-19(3)15-22(20(29)4)16-25-27(31)26(28(32)33-6)21(5)30(25)24-13-9-18(2)10-14-24/h7-16H,1-6H3/b25-16-. The second-order valence-corrected chi connectivity index (χ2v) is 8.48. The van der Waals surface area contributed by atoms with Crippen molar-refractivity contribution in [3.8, 4) is 5.69 Å². The van der Waals surface area contributed by atoms with Crippen LogP contribution in [-0.2, 0) is 14.3 Å². The fraction of sp³-hybridized carbons (Fsp3) is 0.214. The Hall–Kier alpha value is -3.86. The van der Waals surface area contributed by atoms with E-state index in [2.05, 4.69) is 41.8 Å². The number of hydrogen-bond donors (Lipinski definition) is 0. The average Bonchev–Trinajstić information content (AvgIpc) is 3.21. The summed E-state index contributed by atoms with van der Waals surface area (Å²) in [4.78, 5) is 27.7. The smallest absolute Gasteiger partial charge is 0.343 e. The number of allylic oxidation sites excluding steroid dienone is 2. The number of carbonyl (C=O) groups is 2. The number of ketones is 1. The first-order valence-electron chi connectivity index (χ1n) is 10.9. The lowest BCUT2D eigenvalue weighted by molar-refractivity contribution is -0.137. The molecule has 5 nitrogen and oxygen atoms in total. The van der Waals surface area contributed by atoms with E-state index in [-0.39, 0.29) is 11.4 Å². The van der Waals surface area contributed by atoms with Gasteiger partial charge in [-0.05, 0) is 76.6 Å². The zero-order valence-corrected chi connectivity index (χ0v) is 19.9. The Labute approximate surface area is 194 Å². The largest absolute Gasteiger partial charge is 0.465 e. The Kier molecular flexibility index (Phi) is 5.81. The van der Waals surface area contributed by atoms with Crippen LogP contribution in [0.25, 0.3) is 11.8 Å². The molecule has 0 spiro atoms. The molecule has 1 aliphatic rings. The van der Waals surface area contributed by atoms with Crippen LogP contribution in [0.5, 0.6) is 0 Å². The van der Waals surface area contributed by atoms with Gasteiger partial charge in [0.15, 0.2) is 0 Å². The predicted octanol–water partition coefficient (Wildman–Crippen LogP) is 5.59. The number of ether oxygens (including phenoxy) is 1. The van der Waals surface area contributed by atoms with Crippen molar-refractivity contribution in [3.05, 3.63) is 99.6 Å². The third kappa shape index (κ3) is 3.91. The Bertz CT molecular complexity index is 1310. The molecule has 0 saturated heterocycles. The Morgan fingerprint density at radius 3 is 1.94 bits per heavy atom. The highest BCUT2D eigenvalue weighted by atomic mass is 16.5. The molecule has 4 rings (SSSR count). The van der Waals surface area contributed by atoms with Crippen molar-refractivity contribution in [2.75, 3.05) is 12.0 Å². The molecule has 0 atom stereocenters. The number of aryl methyl sites for hydroxylation is 3. The number of carbonyl (C=O) groups excluding carboxylic acids is 2. The van der Waals surface area contributed by atoms with Crippen molar-refractivity contribution in [1.29, 1.82) is 0 Å². The van der Waals surface area contributed by atoms with Crippen molar-refractivity contribution in [2.45, 2.75) is 34.6 Å². The van der Waals surface area contributed by atoms with Gasteiger partial charge in [0.1, 0.15) is 5.57 Å². The van der Waals surface area contributed by atoms with Gasteiger partial charge in [-0.2, -0.15) is 0 Å². The number of methoxy groups -OCH3 is 1. The average molecular weight is 441 g/mol. The minimum atomic E-state index is -0.622. The molecule has 0 aliphatic carbocycles. The first-order valence-corrected chi connectivity index (χ1v) is 10.9. The van der Waals surface area contributed by atoms with Gasteiger partial charge in [0.25, 0.3) is 0 Å². The summed E-state index contributed by atoms with van der Waals surface area (Å²) in [5, 5.41) is 0. The number of benzene rings is 2. The zero-order valence-electron chi connectivity index (χ0n) is 19.9. The van der Waals surface area contributed by atoms with E-state index >= 15 is 0 Å². The van der Waals surface area contributed by atoms with Gasteiger partial charge in [0, 0.05) is 28.5 Å². The van der Waals surface area contributed by atoms with Gasteiger partial charge >= 0.3 is 5.97 Å². The maximum Gasteiger partial charge on any atom is 0.343 e. The number of aromatic nitrogens is 1. The number of rotatable bonds is 4. The first-order chi connectivity index (χ1) is 15.7. The molecule has 0 N–H and O–H groups in total. The van der Waals surface area contributed by atoms with Crippen molar-refractivity contribution < 1.29 is 14.3 Å². The van der Waals surface area contributed by atoms with E-state index in [1.807, 2.05) is 56.0 Å². The molecule has 0 fully saturated rings. The highest BCUT2D eigenvalue weighted by Gasteiger charge is 2.38. The SMILES string of the molecule is COC(=O)C1=C(C)N(c2ccc(C)cc2)/C(=C\c2cc(C)n(-c3ccc(C)cc3)c2C)C1=O. The summed E-state index contributed by atoms with van der Waals surface area (Å²) >= 11 is 0. The van der Waals surface area contributed by atoms with Crippen LogP contribution in [0.2, 0.25) is 0 Å². The number of anilines is 1. The summed E-state index contributed by atoms with van der Waals surface area (Å²) < 4.78 is 7.09. The number of nitrogens with zero attached hydrogens (tertiary/aromatic N) is 2. The van der Waals surface area contributed by atoms with Crippen molar-refractivity contribution in [1.82, 2.24) is 4.57 Å². The van der Waals surface area contributed by atoms with Crippen molar-refractivity contribution >= 4 is 23.5 Å². The van der Waals surface area contributed by atoms with Gasteiger partial charge in [0.05, 0.1) is 12.8 Å². The molecular weight excluding hydrogens is 412 g/mol. The predicted molar refractivity (Wildman–Crippen MR) is 131 cm³/mol. The van der Waals surface area contributed by atoms with Gasteiger partial charge in [-0.3, -0.25) is 4.79 Å². The van der Waals surface area contributed by atoms with Crippen molar-refractivity contribution in [2.24, 2.45) is 0 Å². The van der Waals surface area contributed by atoms with E-state index < -0.39 is 5.97 Å². The monoisotopic (exact) mass is 440 g/mol. The van der Waals surface area contributed by atoms with E-state index in [1.54, 1.807) is 6.92 Å². The molecular formula is C28H28N2O3. The fourth-order valence-electron chi connectivity index (χ4n) is 4.36. The van der Waals surface area contributed by atoms with Gasteiger partial charge in [-0.25, -0.2) is 4.79 Å². The summed E-state index contributed by atoms with van der Waals surface area (Å²) in [6.45, 7) is 9.94. The second kappa shape index (κ2) is 8.58. The molecule has 0 radical (unpaired) electrons. The third-order valence-electron chi connectivity index (χ3n) is 6.13. The molecule has 168 valence electrons. The quantitative estimate of drug-likeness (QED) is 0.302. The highest BCUT2D eigenvalue weighted by molar-refractivity contribution is 6.30. The summed E-state index contributed by atoms with van der Waals surface area (Å²) in [5.41, 5.74) is 8.27. The van der Waals surface area contributed by atoms with Crippen molar-refractivity contribution in [3.63, 3.8) is 0 Å². The topological polar surface area (TPSA) is 51.5 Å². The minimum absolute atomic E-state index is 0.0664. The highest BCUT2D eigenvalue weighted by Crippen LogP contribution is 2.36. The third-order valence-corrected chi connectivity index (χ3v) is 6.13. The Morgan fingerprint density at radius 2 is 1.39 bits per heavy atom. The van der Waals surface area contributed by atoms with Crippen LogP contribution in [0.1, 0.15) is 35.0 Å². The maximum atomic E-state index is 13.4. The lowest BCUT2D eigenvalue weighted by Gasteiger charge is -2.21. The fourth-order valence-corrected chi connectivity index (χ4v) is 4.36. The lowest BCUT2D eigenvalue weighted by atomic mass is 10.1. The number of Topliss-reactive ketones (excluding diaryl/α,β-unsaturated/α-hetero) is 1. The molecule has 0 saturated carbocycles. The molecule has 1 aromatic heterocycles. The number of esters is 1. The molecule has 33 heavy (non-hydrogen) atoms. The molecule has 5 heteroatoms. The van der Waals surface area contributed by atoms with Crippen LogP contribution in [0.3, 0.4) is 0 Å². The molecule has 2 heterocycles. The Morgan fingerprint density at radius 1 is 0.848 bits per heavy atom. The van der Waals surface area contributed by atoms with Gasteiger partial charge in [-0.1, -0.05) is 35.4 Å². The summed E-state index contributed by atoms with van der Waals surface area (Å²) in [6, 6.07) is 18.3. The summed E-state index contributed by atoms with van der Waals surface area (Å²) in [5.74, 6) is -0.955. The minimum Gasteiger partial charge on any atom is -0.465 e. The van der Waals surface area contributed by atoms with Gasteiger partial charge in [0.2, 0.25) is 5.78 Å². The van der Waals surface area contributed by atoms with Crippen LogP contribution in [0.15, 0.2) is 71.6 Å². The molecule has 0 amide bonds. The molecule has 2 aromatic carbocycles. The lowest BCUT2D eigenvalue weighted by Crippen LogP contribution is -2.18. The zero-order chi connectivity index (χ0) is 23.9. The van der Waals surface area contributed by atoms with Gasteiger partial charge in [-0.15, -0.1) is 0 Å². The second-order valence-electron chi connectivity index (χ2n) is 8.48. The molecule has 0 bridgehead atoms. The van der Waals surface area contributed by atoms with Crippen LogP contribution >= 0.6 is 0 Å². The summed E-state index contributed by atoms with van der Waals surface area (Å²) in [6.07, 6.45) is 1.87. The van der Waals surface area contributed by atoms with E-state index in [0.717, 1.165) is 33.9 Å². The maximum absolute atomic E-state index is 13.4. The van der Waals surface area contributed by atoms with Crippen LogP contribution in [0, 0.1) is 27.7 Å². The molecule has 3 aromatic rings. The first kappa shape index (κ1) is 22.3. The van der Waals surface area contributed by atoms with Crippen LogP contribution < -0.4 is 4.90 Å². The number of hydrogen-bond acceptors (Lipinski definition) is 4. The van der Waals surface area contributed by atoms with E-state index in [9.17, 15) is 9.59 Å². The van der Waals surface area contributed by atoms with E-state index in [4.69, 9.17) is 4.74 Å². The molecule has 1 aliphatic heterocycles.